The number of alkyl carbamates (subject to hydrolysis) is 1. The average Bonchev–Trinajstić information content (AvgIpc) is 3.44. The van der Waals surface area contributed by atoms with Gasteiger partial charge in [-0.05, 0) is 119 Å². The quantitative estimate of drug-likeness (QED) is 0.147. The number of hydrogen-bond acceptors (Lipinski definition) is 2. The Hall–Kier alpha value is -0.990. The van der Waals surface area contributed by atoms with Gasteiger partial charge < -0.3 is 10.1 Å². The van der Waals surface area contributed by atoms with E-state index in [1.54, 1.807) is 0 Å². The minimum atomic E-state index is -0.161. The fourth-order valence-corrected chi connectivity index (χ4v) is 9.29. The Morgan fingerprint density at radius 1 is 0.641 bits per heavy atom. The van der Waals surface area contributed by atoms with Gasteiger partial charge in [-0.3, -0.25) is 0 Å². The first kappa shape index (κ1) is 31.0. The van der Waals surface area contributed by atoms with Crippen LogP contribution < -0.4 is 5.32 Å². The number of ether oxygens (including phenoxy) is 1. The summed E-state index contributed by atoms with van der Waals surface area (Å²) in [7, 11) is 0. The number of fused-ring (bicyclic) bond motifs is 5. The zero-order valence-electron chi connectivity index (χ0n) is 25.7. The Bertz CT molecular complexity index is 704. The van der Waals surface area contributed by atoms with Crippen molar-refractivity contribution >= 4 is 6.09 Å². The van der Waals surface area contributed by atoms with Gasteiger partial charge in [0.05, 0.1) is 0 Å². The Kier molecular flexibility index (Phi) is 14.1. The molecule has 4 aliphatic rings. The van der Waals surface area contributed by atoms with E-state index >= 15 is 0 Å². The molecular formula is C36H63NO2. The van der Waals surface area contributed by atoms with E-state index in [9.17, 15) is 4.79 Å². The Balaban J connectivity index is 0.954. The fraction of sp³-hybridized carbons (Fsp3) is 0.917. The molecule has 4 aliphatic carbocycles. The van der Waals surface area contributed by atoms with Crippen molar-refractivity contribution in [2.24, 2.45) is 35.5 Å². The predicted octanol–water partition coefficient (Wildman–Crippen LogP) is 10.8. The third kappa shape index (κ3) is 10.1. The molecule has 7 atom stereocenters. The molecule has 4 rings (SSSR count). The molecule has 0 saturated heterocycles. The monoisotopic (exact) mass is 541 g/mol. The molecule has 224 valence electrons. The van der Waals surface area contributed by atoms with Gasteiger partial charge in [-0.25, -0.2) is 4.79 Å². The molecular weight excluding hydrogens is 478 g/mol. The molecule has 3 heteroatoms. The smallest absolute Gasteiger partial charge is 0.407 e. The minimum Gasteiger partial charge on any atom is -0.446 e. The summed E-state index contributed by atoms with van der Waals surface area (Å²) in [5.74, 6) is 5.89. The number of carbonyl (C=O) groups is 1. The standard InChI is InChI=1S/C36H63NO2/c1-2-3-4-5-6-7-8-9-10-11-12-13-14-15-16-17-27-37-36(38)39-31-23-26-33-30(28-31)22-25-34-32-20-18-19-29(32)21-24-35(33)34/h9-10,29-35H,2-8,11-28H2,1H3,(H,37,38)/b10-9-. The summed E-state index contributed by atoms with van der Waals surface area (Å²) in [6.45, 7) is 3.05. The van der Waals surface area contributed by atoms with Gasteiger partial charge >= 0.3 is 6.09 Å². The lowest BCUT2D eigenvalue weighted by Crippen LogP contribution is -2.46. The van der Waals surface area contributed by atoms with Gasteiger partial charge in [-0.15, -0.1) is 0 Å². The molecule has 0 spiro atoms. The number of carbonyl (C=O) groups excluding carboxylic acids is 1. The highest BCUT2D eigenvalue weighted by molar-refractivity contribution is 5.67. The Morgan fingerprint density at radius 2 is 1.23 bits per heavy atom. The SMILES string of the molecule is CCCCCCCC/C=C\CCCCCCCCNC(=O)OC1CCC2C(CCC3C4CCCC4CCC23)C1. The second-order valence-corrected chi connectivity index (χ2v) is 14.0. The maximum absolute atomic E-state index is 12.4. The van der Waals surface area contributed by atoms with Crippen LogP contribution in [-0.2, 0) is 4.74 Å². The number of allylic oxidation sites excluding steroid dienone is 2. The molecule has 0 aromatic rings. The number of rotatable bonds is 17. The van der Waals surface area contributed by atoms with E-state index in [0.717, 1.165) is 61.3 Å². The first-order valence-electron chi connectivity index (χ1n) is 17.9. The van der Waals surface area contributed by atoms with Gasteiger partial charge in [0.1, 0.15) is 6.10 Å². The Morgan fingerprint density at radius 3 is 1.95 bits per heavy atom. The summed E-state index contributed by atoms with van der Waals surface area (Å²) in [4.78, 5) is 12.4. The van der Waals surface area contributed by atoms with E-state index in [1.807, 2.05) is 0 Å². The van der Waals surface area contributed by atoms with Gasteiger partial charge in [-0.1, -0.05) is 89.7 Å². The second-order valence-electron chi connectivity index (χ2n) is 14.0. The van der Waals surface area contributed by atoms with Crippen molar-refractivity contribution in [3.8, 4) is 0 Å². The molecule has 1 N–H and O–H groups in total. The molecule has 0 aromatic heterocycles. The van der Waals surface area contributed by atoms with Crippen molar-refractivity contribution in [3.63, 3.8) is 0 Å². The third-order valence-electron chi connectivity index (χ3n) is 11.3. The number of hydrogen-bond donors (Lipinski definition) is 1. The lowest BCUT2D eigenvalue weighted by Gasteiger charge is -2.52. The van der Waals surface area contributed by atoms with Crippen molar-refractivity contribution in [1.82, 2.24) is 5.32 Å². The average molecular weight is 542 g/mol. The highest BCUT2D eigenvalue weighted by Crippen LogP contribution is 2.58. The highest BCUT2D eigenvalue weighted by Gasteiger charge is 2.49. The zero-order valence-corrected chi connectivity index (χ0v) is 25.7. The van der Waals surface area contributed by atoms with Crippen molar-refractivity contribution in [1.29, 1.82) is 0 Å². The molecule has 7 unspecified atom stereocenters. The van der Waals surface area contributed by atoms with Gasteiger partial charge in [0, 0.05) is 6.54 Å². The number of amides is 1. The summed E-state index contributed by atoms with van der Waals surface area (Å²) in [6.07, 6.45) is 37.1. The molecule has 4 saturated carbocycles. The fourth-order valence-electron chi connectivity index (χ4n) is 9.29. The van der Waals surface area contributed by atoms with E-state index in [2.05, 4.69) is 24.4 Å². The lowest BCUT2D eigenvalue weighted by molar-refractivity contribution is -0.0487. The van der Waals surface area contributed by atoms with Crippen molar-refractivity contribution in [2.75, 3.05) is 6.54 Å². The first-order valence-corrected chi connectivity index (χ1v) is 17.9. The van der Waals surface area contributed by atoms with E-state index in [4.69, 9.17) is 4.74 Å². The van der Waals surface area contributed by atoms with Gasteiger partial charge in [-0.2, -0.15) is 0 Å². The van der Waals surface area contributed by atoms with Crippen molar-refractivity contribution < 1.29 is 9.53 Å². The van der Waals surface area contributed by atoms with Crippen LogP contribution in [0.2, 0.25) is 0 Å². The maximum atomic E-state index is 12.4. The minimum absolute atomic E-state index is 0.158. The van der Waals surface area contributed by atoms with Crippen LogP contribution in [0.15, 0.2) is 12.2 Å². The molecule has 1 amide bonds. The van der Waals surface area contributed by atoms with Gasteiger partial charge in [0.2, 0.25) is 0 Å². The van der Waals surface area contributed by atoms with Crippen LogP contribution in [-0.4, -0.2) is 18.7 Å². The van der Waals surface area contributed by atoms with E-state index in [-0.39, 0.29) is 12.2 Å². The molecule has 4 fully saturated rings. The summed E-state index contributed by atoms with van der Waals surface area (Å²) >= 11 is 0. The molecule has 0 aromatic carbocycles. The van der Waals surface area contributed by atoms with Crippen molar-refractivity contribution in [2.45, 2.75) is 167 Å². The third-order valence-corrected chi connectivity index (χ3v) is 11.3. The molecule has 0 bridgehead atoms. The van der Waals surface area contributed by atoms with Crippen LogP contribution in [0.25, 0.3) is 0 Å². The highest BCUT2D eigenvalue weighted by atomic mass is 16.6. The topological polar surface area (TPSA) is 38.3 Å². The van der Waals surface area contributed by atoms with Crippen LogP contribution >= 0.6 is 0 Å². The summed E-state index contributed by atoms with van der Waals surface area (Å²) in [5, 5.41) is 3.05. The van der Waals surface area contributed by atoms with Crippen molar-refractivity contribution in [3.05, 3.63) is 12.2 Å². The van der Waals surface area contributed by atoms with E-state index in [0.29, 0.717) is 0 Å². The van der Waals surface area contributed by atoms with E-state index < -0.39 is 0 Å². The lowest BCUT2D eigenvalue weighted by atomic mass is 9.53. The largest absolute Gasteiger partial charge is 0.446 e. The van der Waals surface area contributed by atoms with Crippen LogP contribution in [0.1, 0.15) is 161 Å². The van der Waals surface area contributed by atoms with Crippen LogP contribution in [0.3, 0.4) is 0 Å². The summed E-state index contributed by atoms with van der Waals surface area (Å²) in [6, 6.07) is 0. The summed E-state index contributed by atoms with van der Waals surface area (Å²) < 4.78 is 5.92. The van der Waals surface area contributed by atoms with Crippen LogP contribution in [0, 0.1) is 35.5 Å². The molecule has 0 aliphatic heterocycles. The second kappa shape index (κ2) is 17.7. The number of unbranched alkanes of at least 4 members (excludes halogenated alkanes) is 12. The van der Waals surface area contributed by atoms with Gasteiger partial charge in [0.25, 0.3) is 0 Å². The molecule has 39 heavy (non-hydrogen) atoms. The van der Waals surface area contributed by atoms with Gasteiger partial charge in [0.15, 0.2) is 0 Å². The first-order chi connectivity index (χ1) is 19.3. The van der Waals surface area contributed by atoms with Crippen LogP contribution in [0.4, 0.5) is 4.79 Å². The van der Waals surface area contributed by atoms with Crippen LogP contribution in [0.5, 0.6) is 0 Å². The normalized spacial score (nSPS) is 32.0. The maximum Gasteiger partial charge on any atom is 0.407 e. The molecule has 0 radical (unpaired) electrons. The Labute approximate surface area is 242 Å². The zero-order chi connectivity index (χ0) is 27.1. The number of nitrogens with one attached hydrogen (secondary N) is 1. The predicted molar refractivity (Wildman–Crippen MR) is 165 cm³/mol. The summed E-state index contributed by atoms with van der Waals surface area (Å²) in [5.41, 5.74) is 0. The molecule has 0 heterocycles. The molecule has 3 nitrogen and oxygen atoms in total. The van der Waals surface area contributed by atoms with E-state index in [1.165, 1.54) is 135 Å².